The molecular formula is C24H25N5O2. The average Bonchev–Trinajstić information content (AvgIpc) is 3.28. The topological polar surface area (TPSA) is 93.4 Å². The van der Waals surface area contributed by atoms with Crippen LogP contribution >= 0.6 is 0 Å². The zero-order valence-corrected chi connectivity index (χ0v) is 17.2. The summed E-state index contributed by atoms with van der Waals surface area (Å²) in [6, 6.07) is 17.6. The molecule has 0 spiro atoms. The number of nitrogens with zero attached hydrogens (tertiary/aromatic N) is 3. The van der Waals surface area contributed by atoms with E-state index in [-0.39, 0.29) is 11.9 Å². The normalized spacial score (nSPS) is 15.6. The van der Waals surface area contributed by atoms with Gasteiger partial charge in [0.1, 0.15) is 23.6 Å². The van der Waals surface area contributed by atoms with Crippen LogP contribution in [0.3, 0.4) is 0 Å². The molecule has 0 aliphatic carbocycles. The van der Waals surface area contributed by atoms with Gasteiger partial charge in [-0.2, -0.15) is 0 Å². The molecule has 1 atom stereocenters. The Hall–Kier alpha value is -3.71. The van der Waals surface area contributed by atoms with E-state index in [9.17, 15) is 4.79 Å². The summed E-state index contributed by atoms with van der Waals surface area (Å²) in [7, 11) is 0. The van der Waals surface area contributed by atoms with Crippen LogP contribution in [0.5, 0.6) is 11.5 Å². The first kappa shape index (κ1) is 20.6. The summed E-state index contributed by atoms with van der Waals surface area (Å²) in [5.41, 5.74) is 8.75. The van der Waals surface area contributed by atoms with Crippen molar-refractivity contribution in [2.45, 2.75) is 19.0 Å². The largest absolute Gasteiger partial charge is 0.457 e. The summed E-state index contributed by atoms with van der Waals surface area (Å²) in [6.45, 7) is 5.47. The number of nitrogens with two attached hydrogens (primary N) is 1. The highest BCUT2D eigenvalue weighted by Crippen LogP contribution is 2.30. The van der Waals surface area contributed by atoms with Crippen LogP contribution in [0.2, 0.25) is 0 Å². The molecule has 31 heavy (non-hydrogen) atoms. The minimum Gasteiger partial charge on any atom is -0.457 e. The lowest BCUT2D eigenvalue weighted by Gasteiger charge is -2.17. The summed E-state index contributed by atoms with van der Waals surface area (Å²) < 4.78 is 5.87. The highest BCUT2D eigenvalue weighted by atomic mass is 16.5. The number of amides is 1. The van der Waals surface area contributed by atoms with E-state index in [1.165, 1.54) is 12.4 Å². The van der Waals surface area contributed by atoms with Gasteiger partial charge in [0.25, 0.3) is 0 Å². The van der Waals surface area contributed by atoms with Crippen molar-refractivity contribution in [3.8, 4) is 22.6 Å². The maximum Gasteiger partial charge on any atom is 0.246 e. The van der Waals surface area contributed by atoms with Crippen LogP contribution in [0.1, 0.15) is 12.1 Å². The van der Waals surface area contributed by atoms with Crippen molar-refractivity contribution < 1.29 is 9.53 Å². The number of likely N-dealkylation sites (tertiary alicyclic amines) is 1. The van der Waals surface area contributed by atoms with Gasteiger partial charge < -0.3 is 20.7 Å². The third kappa shape index (κ3) is 4.90. The average molecular weight is 415 g/mol. The number of benzene rings is 2. The van der Waals surface area contributed by atoms with E-state index >= 15 is 0 Å². The number of hydrogen-bond donors (Lipinski definition) is 2. The first-order valence-electron chi connectivity index (χ1n) is 10.2. The number of carbonyl (C=O) groups is 1. The van der Waals surface area contributed by atoms with E-state index < -0.39 is 0 Å². The Kier molecular flexibility index (Phi) is 6.24. The molecule has 1 amide bonds. The predicted molar refractivity (Wildman–Crippen MR) is 120 cm³/mol. The lowest BCUT2D eigenvalue weighted by atomic mass is 10.0. The number of nitrogens with one attached hydrogen (secondary N) is 1. The Morgan fingerprint density at radius 1 is 1.16 bits per heavy atom. The molecule has 3 aromatic rings. The lowest BCUT2D eigenvalue weighted by Crippen LogP contribution is -2.34. The minimum absolute atomic E-state index is 0.0333. The molecular weight excluding hydrogens is 390 g/mol. The van der Waals surface area contributed by atoms with Gasteiger partial charge in [-0.1, -0.05) is 36.9 Å². The van der Waals surface area contributed by atoms with E-state index in [1.54, 1.807) is 4.90 Å². The van der Waals surface area contributed by atoms with Crippen LogP contribution < -0.4 is 15.8 Å². The maximum absolute atomic E-state index is 11.8. The number of anilines is 1. The zero-order chi connectivity index (χ0) is 21.6. The summed E-state index contributed by atoms with van der Waals surface area (Å²) in [6.07, 6.45) is 3.72. The van der Waals surface area contributed by atoms with E-state index in [4.69, 9.17) is 10.5 Å². The molecule has 0 radical (unpaired) electrons. The number of hydrogen-bond acceptors (Lipinski definition) is 6. The quantitative estimate of drug-likeness (QED) is 0.575. The van der Waals surface area contributed by atoms with E-state index in [1.807, 2.05) is 54.6 Å². The van der Waals surface area contributed by atoms with Gasteiger partial charge in [-0.25, -0.2) is 9.97 Å². The Morgan fingerprint density at radius 3 is 2.65 bits per heavy atom. The smallest absolute Gasteiger partial charge is 0.246 e. The van der Waals surface area contributed by atoms with Gasteiger partial charge in [-0.3, -0.25) is 4.79 Å². The van der Waals surface area contributed by atoms with Crippen molar-refractivity contribution in [3.63, 3.8) is 0 Å². The fourth-order valence-electron chi connectivity index (χ4n) is 3.70. The molecule has 3 N–H and O–H groups in total. The van der Waals surface area contributed by atoms with Gasteiger partial charge in [-0.15, -0.1) is 0 Å². The molecule has 0 unspecified atom stereocenters. The van der Waals surface area contributed by atoms with Crippen molar-refractivity contribution in [1.82, 2.24) is 20.2 Å². The molecule has 0 saturated carbocycles. The molecule has 7 heteroatoms. The number of aromatic nitrogens is 2. The van der Waals surface area contributed by atoms with Crippen LogP contribution in [0.15, 0.2) is 73.6 Å². The van der Waals surface area contributed by atoms with Crippen LogP contribution in [-0.4, -0.2) is 39.9 Å². The Labute approximate surface area is 181 Å². The molecule has 1 fully saturated rings. The van der Waals surface area contributed by atoms with Gasteiger partial charge >= 0.3 is 0 Å². The van der Waals surface area contributed by atoms with Crippen molar-refractivity contribution in [1.29, 1.82) is 0 Å². The van der Waals surface area contributed by atoms with Crippen molar-refractivity contribution in [3.05, 3.63) is 79.3 Å². The second kappa shape index (κ2) is 9.40. The highest BCUT2D eigenvalue weighted by Gasteiger charge is 2.25. The molecule has 2 heterocycles. The maximum atomic E-state index is 11.8. The fourth-order valence-corrected chi connectivity index (χ4v) is 3.70. The summed E-state index contributed by atoms with van der Waals surface area (Å²) >= 11 is 0. The summed E-state index contributed by atoms with van der Waals surface area (Å²) in [5, 5.41) is 3.49. The Morgan fingerprint density at radius 2 is 1.90 bits per heavy atom. The van der Waals surface area contributed by atoms with Crippen molar-refractivity contribution in [2.75, 3.05) is 18.8 Å². The standard InChI is InChI=1S/C24H25N5O2/c1-2-22(30)29-13-12-18(15-29)26-14-21-23(24(25)28-16-27-21)17-8-10-20(11-9-17)31-19-6-4-3-5-7-19/h2-11,16,18,26H,1,12-15H2,(H2,25,27,28)/t18-/m0/s1. The van der Waals surface area contributed by atoms with E-state index in [2.05, 4.69) is 21.9 Å². The summed E-state index contributed by atoms with van der Waals surface area (Å²) in [4.78, 5) is 22.2. The van der Waals surface area contributed by atoms with Crippen molar-refractivity contribution >= 4 is 11.7 Å². The minimum atomic E-state index is -0.0333. The first-order chi connectivity index (χ1) is 15.1. The molecule has 7 nitrogen and oxygen atoms in total. The molecule has 0 bridgehead atoms. The molecule has 158 valence electrons. The van der Waals surface area contributed by atoms with Gasteiger partial charge in [-0.05, 0) is 42.3 Å². The highest BCUT2D eigenvalue weighted by molar-refractivity contribution is 5.87. The van der Waals surface area contributed by atoms with Gasteiger partial charge in [0.05, 0.1) is 5.69 Å². The zero-order valence-electron chi connectivity index (χ0n) is 17.2. The lowest BCUT2D eigenvalue weighted by molar-refractivity contribution is -0.125. The second-order valence-electron chi connectivity index (χ2n) is 7.37. The van der Waals surface area contributed by atoms with Crippen LogP contribution in [-0.2, 0) is 11.3 Å². The molecule has 1 saturated heterocycles. The summed E-state index contributed by atoms with van der Waals surface area (Å²) in [5.74, 6) is 1.92. The fraction of sp³-hybridized carbons (Fsp3) is 0.208. The van der Waals surface area contributed by atoms with Gasteiger partial charge in [0.15, 0.2) is 0 Å². The monoisotopic (exact) mass is 415 g/mol. The molecule has 2 aromatic carbocycles. The van der Waals surface area contributed by atoms with Gasteiger partial charge in [0.2, 0.25) is 5.91 Å². The molecule has 1 aliphatic heterocycles. The number of carbonyl (C=O) groups excluding carboxylic acids is 1. The van der Waals surface area contributed by atoms with Crippen molar-refractivity contribution in [2.24, 2.45) is 0 Å². The van der Waals surface area contributed by atoms with Crippen LogP contribution in [0.4, 0.5) is 5.82 Å². The predicted octanol–water partition coefficient (Wildman–Crippen LogP) is 3.39. The molecule has 4 rings (SSSR count). The number of ether oxygens (including phenoxy) is 1. The van der Waals surface area contributed by atoms with Crippen LogP contribution in [0, 0.1) is 0 Å². The van der Waals surface area contributed by atoms with E-state index in [0.29, 0.717) is 18.9 Å². The van der Waals surface area contributed by atoms with Gasteiger partial charge in [0, 0.05) is 31.2 Å². The number of para-hydroxylation sites is 1. The Balaban J connectivity index is 1.46. The third-order valence-electron chi connectivity index (χ3n) is 5.31. The SMILES string of the molecule is C=CC(=O)N1CC[C@H](NCc2ncnc(N)c2-c2ccc(Oc3ccccc3)cc2)C1. The van der Waals surface area contributed by atoms with E-state index in [0.717, 1.165) is 41.3 Å². The van der Waals surface area contributed by atoms with Crippen LogP contribution in [0.25, 0.3) is 11.1 Å². The number of rotatable bonds is 7. The number of nitrogen functional groups attached to an aromatic ring is 1. The molecule has 1 aromatic heterocycles. The third-order valence-corrected chi connectivity index (χ3v) is 5.31. The molecule has 1 aliphatic rings. The first-order valence-corrected chi connectivity index (χ1v) is 10.2. The Bertz CT molecular complexity index is 1050. The second-order valence-corrected chi connectivity index (χ2v) is 7.37.